The number of hydrogen-bond acceptors (Lipinski definition) is 2. The number of rotatable bonds is 5. The maximum atomic E-state index is 13.4. The molecule has 1 fully saturated rings. The van der Waals surface area contributed by atoms with E-state index in [1.165, 1.54) is 12.1 Å². The Morgan fingerprint density at radius 3 is 2.69 bits per heavy atom. The van der Waals surface area contributed by atoms with Crippen molar-refractivity contribution in [1.29, 1.82) is 0 Å². The van der Waals surface area contributed by atoms with Crippen molar-refractivity contribution in [3.8, 4) is 5.75 Å². The highest BCUT2D eigenvalue weighted by Crippen LogP contribution is 2.22. The molecule has 0 atom stereocenters. The lowest BCUT2D eigenvalue weighted by Crippen LogP contribution is -2.16. The molecule has 16 heavy (non-hydrogen) atoms. The summed E-state index contributed by atoms with van der Waals surface area (Å²) >= 11 is 0. The summed E-state index contributed by atoms with van der Waals surface area (Å²) < 4.78 is 41.2. The molecule has 0 bridgehead atoms. The number of ether oxygens (including phenoxy) is 1. The topological polar surface area (TPSA) is 21.3 Å². The predicted molar refractivity (Wildman–Crippen MR) is 52.9 cm³/mol. The second kappa shape index (κ2) is 4.74. The molecule has 88 valence electrons. The molecule has 1 aromatic carbocycles. The molecule has 0 heterocycles. The minimum atomic E-state index is -2.92. The molecule has 0 saturated heterocycles. The van der Waals surface area contributed by atoms with Crippen molar-refractivity contribution in [2.45, 2.75) is 32.0 Å². The normalized spacial score (nSPS) is 15.5. The molecule has 0 amide bonds. The van der Waals surface area contributed by atoms with E-state index in [0.29, 0.717) is 18.2 Å². The fourth-order valence-electron chi connectivity index (χ4n) is 1.39. The lowest BCUT2D eigenvalue weighted by Gasteiger charge is -2.08. The summed E-state index contributed by atoms with van der Waals surface area (Å²) in [6.07, 6.45) is 2.24. The zero-order chi connectivity index (χ0) is 11.5. The molecular formula is C11H12F3NO. The van der Waals surface area contributed by atoms with E-state index in [4.69, 9.17) is 0 Å². The Hall–Kier alpha value is -1.23. The second-order valence-electron chi connectivity index (χ2n) is 3.79. The van der Waals surface area contributed by atoms with Crippen molar-refractivity contribution in [3.63, 3.8) is 0 Å². The number of alkyl halides is 2. The second-order valence-corrected chi connectivity index (χ2v) is 3.79. The zero-order valence-corrected chi connectivity index (χ0v) is 8.55. The van der Waals surface area contributed by atoms with Crippen LogP contribution in [-0.4, -0.2) is 12.7 Å². The Balaban J connectivity index is 1.97. The van der Waals surface area contributed by atoms with E-state index in [-0.39, 0.29) is 5.75 Å². The van der Waals surface area contributed by atoms with Crippen molar-refractivity contribution in [2.24, 2.45) is 0 Å². The molecule has 1 aliphatic rings. The van der Waals surface area contributed by atoms with Crippen LogP contribution in [0.25, 0.3) is 0 Å². The standard InChI is InChI=1S/C11H12F3NO/c12-10-5-9(16-11(13)14)4-1-7(10)6-15-8-2-3-8/h1,4-5,8,11,15H,2-3,6H2. The average Bonchev–Trinajstić information content (AvgIpc) is 2.99. The van der Waals surface area contributed by atoms with Crippen molar-refractivity contribution in [3.05, 3.63) is 29.6 Å². The van der Waals surface area contributed by atoms with Crippen molar-refractivity contribution in [2.75, 3.05) is 0 Å². The highest BCUT2D eigenvalue weighted by atomic mass is 19.3. The smallest absolute Gasteiger partial charge is 0.387 e. The summed E-state index contributed by atoms with van der Waals surface area (Å²) in [5.74, 6) is -0.672. The van der Waals surface area contributed by atoms with Crippen molar-refractivity contribution in [1.82, 2.24) is 5.32 Å². The Kier molecular flexibility index (Phi) is 3.33. The van der Waals surface area contributed by atoms with Crippen LogP contribution < -0.4 is 10.1 Å². The number of halogens is 3. The highest BCUT2D eigenvalue weighted by Gasteiger charge is 2.20. The molecular weight excluding hydrogens is 219 g/mol. The van der Waals surface area contributed by atoms with Gasteiger partial charge in [0.1, 0.15) is 11.6 Å². The SMILES string of the molecule is Fc1cc(OC(F)F)ccc1CNC1CC1. The first-order chi connectivity index (χ1) is 7.65. The van der Waals surface area contributed by atoms with Gasteiger partial charge in [-0.2, -0.15) is 8.78 Å². The van der Waals surface area contributed by atoms with Gasteiger partial charge in [0.05, 0.1) is 0 Å². The van der Waals surface area contributed by atoms with E-state index in [1.54, 1.807) is 0 Å². The van der Waals surface area contributed by atoms with Gasteiger partial charge in [0.2, 0.25) is 0 Å². The molecule has 1 N–H and O–H groups in total. The van der Waals surface area contributed by atoms with Crippen LogP contribution in [-0.2, 0) is 6.54 Å². The monoisotopic (exact) mass is 231 g/mol. The van der Waals surface area contributed by atoms with E-state index in [9.17, 15) is 13.2 Å². The van der Waals surface area contributed by atoms with Crippen LogP contribution in [0.4, 0.5) is 13.2 Å². The van der Waals surface area contributed by atoms with Gasteiger partial charge in [-0.1, -0.05) is 6.07 Å². The summed E-state index contributed by atoms with van der Waals surface area (Å²) in [5, 5.41) is 3.14. The third kappa shape index (κ3) is 3.13. The Morgan fingerprint density at radius 2 is 2.12 bits per heavy atom. The van der Waals surface area contributed by atoms with Crippen LogP contribution in [0, 0.1) is 5.82 Å². The predicted octanol–water partition coefficient (Wildman–Crippen LogP) is 2.68. The van der Waals surface area contributed by atoms with Gasteiger partial charge < -0.3 is 10.1 Å². The average molecular weight is 231 g/mol. The van der Waals surface area contributed by atoms with Gasteiger partial charge in [0.25, 0.3) is 0 Å². The number of hydrogen-bond donors (Lipinski definition) is 1. The molecule has 2 rings (SSSR count). The molecule has 0 aliphatic heterocycles. The van der Waals surface area contributed by atoms with E-state index in [2.05, 4.69) is 10.1 Å². The number of nitrogens with one attached hydrogen (secondary N) is 1. The molecule has 5 heteroatoms. The summed E-state index contributed by atoms with van der Waals surface area (Å²) in [7, 11) is 0. The van der Waals surface area contributed by atoms with Gasteiger partial charge in [-0.25, -0.2) is 4.39 Å². The maximum Gasteiger partial charge on any atom is 0.387 e. The van der Waals surface area contributed by atoms with E-state index < -0.39 is 12.4 Å². The van der Waals surface area contributed by atoms with Crippen molar-refractivity contribution >= 4 is 0 Å². The fourth-order valence-corrected chi connectivity index (χ4v) is 1.39. The Morgan fingerprint density at radius 1 is 1.38 bits per heavy atom. The molecule has 0 radical (unpaired) electrons. The molecule has 1 aromatic rings. The largest absolute Gasteiger partial charge is 0.435 e. The van der Waals surface area contributed by atoms with E-state index >= 15 is 0 Å². The maximum absolute atomic E-state index is 13.4. The summed E-state index contributed by atoms with van der Waals surface area (Å²) in [6.45, 7) is -2.50. The van der Waals surface area contributed by atoms with Crippen LogP contribution in [0.1, 0.15) is 18.4 Å². The molecule has 1 saturated carbocycles. The first kappa shape index (κ1) is 11.3. The summed E-state index contributed by atoms with van der Waals surface area (Å²) in [5.41, 5.74) is 0.466. The lowest BCUT2D eigenvalue weighted by molar-refractivity contribution is -0.0500. The number of benzene rings is 1. The minimum Gasteiger partial charge on any atom is -0.435 e. The minimum absolute atomic E-state index is 0.150. The first-order valence-electron chi connectivity index (χ1n) is 5.12. The van der Waals surface area contributed by atoms with Gasteiger partial charge in [-0.3, -0.25) is 0 Å². The first-order valence-corrected chi connectivity index (χ1v) is 5.12. The Labute approximate surface area is 91.4 Å². The fraction of sp³-hybridized carbons (Fsp3) is 0.455. The third-order valence-corrected chi connectivity index (χ3v) is 2.41. The summed E-state index contributed by atoms with van der Waals surface area (Å²) in [6, 6.07) is 4.27. The van der Waals surface area contributed by atoms with Gasteiger partial charge in [0.15, 0.2) is 0 Å². The van der Waals surface area contributed by atoms with Crippen LogP contribution >= 0.6 is 0 Å². The highest BCUT2D eigenvalue weighted by molar-refractivity contribution is 5.29. The summed E-state index contributed by atoms with van der Waals surface area (Å²) in [4.78, 5) is 0. The molecule has 0 unspecified atom stereocenters. The van der Waals surface area contributed by atoms with E-state index in [1.807, 2.05) is 0 Å². The quantitative estimate of drug-likeness (QED) is 0.841. The van der Waals surface area contributed by atoms with Crippen LogP contribution in [0.3, 0.4) is 0 Å². The van der Waals surface area contributed by atoms with Gasteiger partial charge >= 0.3 is 6.61 Å². The molecule has 2 nitrogen and oxygen atoms in total. The van der Waals surface area contributed by atoms with Crippen molar-refractivity contribution < 1.29 is 17.9 Å². The van der Waals surface area contributed by atoms with Gasteiger partial charge in [0, 0.05) is 24.2 Å². The third-order valence-electron chi connectivity index (χ3n) is 2.41. The molecule has 0 spiro atoms. The lowest BCUT2D eigenvalue weighted by atomic mass is 10.2. The Bertz CT molecular complexity index is 366. The zero-order valence-electron chi connectivity index (χ0n) is 8.55. The van der Waals surface area contributed by atoms with Crippen LogP contribution in [0.5, 0.6) is 5.75 Å². The molecule has 1 aliphatic carbocycles. The van der Waals surface area contributed by atoms with Crippen LogP contribution in [0.2, 0.25) is 0 Å². The van der Waals surface area contributed by atoms with Gasteiger partial charge in [-0.15, -0.1) is 0 Å². The van der Waals surface area contributed by atoms with Crippen LogP contribution in [0.15, 0.2) is 18.2 Å². The van der Waals surface area contributed by atoms with E-state index in [0.717, 1.165) is 18.9 Å². The molecule has 0 aromatic heterocycles. The van der Waals surface area contributed by atoms with Gasteiger partial charge in [-0.05, 0) is 18.9 Å².